The lowest BCUT2D eigenvalue weighted by Crippen LogP contribution is -2.22. The number of nitrogens with zero attached hydrogens (tertiary/aromatic N) is 3. The molecule has 2 N–H and O–H groups in total. The lowest BCUT2D eigenvalue weighted by molar-refractivity contribution is -0.120. The highest BCUT2D eigenvalue weighted by Gasteiger charge is 2.19. The van der Waals surface area contributed by atoms with E-state index in [9.17, 15) is 9.90 Å². The highest BCUT2D eigenvalue weighted by molar-refractivity contribution is 6.33. The summed E-state index contributed by atoms with van der Waals surface area (Å²) in [6.45, 7) is 2.08. The molecule has 0 aliphatic heterocycles. The second kappa shape index (κ2) is 10.0. The van der Waals surface area contributed by atoms with Crippen molar-refractivity contribution in [2.75, 3.05) is 11.4 Å². The Morgan fingerprint density at radius 3 is 2.67 bits per heavy atom. The maximum Gasteiger partial charge on any atom is 0.220 e. The van der Waals surface area contributed by atoms with Crippen LogP contribution in [0.1, 0.15) is 18.9 Å². The van der Waals surface area contributed by atoms with Gasteiger partial charge in [0.05, 0.1) is 22.8 Å². The minimum Gasteiger partial charge on any atom is -0.508 e. The second-order valence-corrected chi connectivity index (χ2v) is 7.58. The normalized spacial score (nSPS) is 10.4. The second-order valence-electron chi connectivity index (χ2n) is 7.17. The van der Waals surface area contributed by atoms with Gasteiger partial charge in [-0.2, -0.15) is 0 Å². The molecule has 0 bridgehead atoms. The van der Waals surface area contributed by atoms with Gasteiger partial charge < -0.3 is 10.4 Å². The standard InChI is InChI=1S/C26H21ClN4O2/c1-2-25(33)28-14-6-7-18-10-12-23-21(15-18)26(30-17-29-23)31(19-8-4-3-5-9-19)24-13-11-20(32)16-22(24)27/h3-5,8-13,15-17,32H,2,14H2,1H3,(H,28,33). The Hall–Kier alpha value is -4.08. The van der Waals surface area contributed by atoms with Crippen LogP contribution in [0.4, 0.5) is 17.2 Å². The quantitative estimate of drug-likeness (QED) is 0.396. The van der Waals surface area contributed by atoms with E-state index in [0.717, 1.165) is 22.2 Å². The van der Waals surface area contributed by atoms with Crippen LogP contribution in [0.25, 0.3) is 10.9 Å². The Labute approximate surface area is 196 Å². The van der Waals surface area contributed by atoms with Crippen LogP contribution in [0.2, 0.25) is 5.02 Å². The van der Waals surface area contributed by atoms with E-state index in [2.05, 4.69) is 27.1 Å². The molecule has 6 nitrogen and oxygen atoms in total. The zero-order valence-corrected chi connectivity index (χ0v) is 18.7. The van der Waals surface area contributed by atoms with E-state index in [1.165, 1.54) is 12.4 Å². The van der Waals surface area contributed by atoms with Gasteiger partial charge in [0.15, 0.2) is 0 Å². The third-order valence-electron chi connectivity index (χ3n) is 4.94. The number of aromatic nitrogens is 2. The number of nitrogens with one attached hydrogen (secondary N) is 1. The number of fused-ring (bicyclic) bond motifs is 1. The third-order valence-corrected chi connectivity index (χ3v) is 5.24. The Kier molecular flexibility index (Phi) is 6.72. The zero-order chi connectivity index (χ0) is 23.2. The van der Waals surface area contributed by atoms with E-state index in [0.29, 0.717) is 22.9 Å². The van der Waals surface area contributed by atoms with Crippen molar-refractivity contribution in [3.05, 3.63) is 83.6 Å². The van der Waals surface area contributed by atoms with Gasteiger partial charge >= 0.3 is 0 Å². The minimum atomic E-state index is -0.0391. The molecule has 0 unspecified atom stereocenters. The van der Waals surface area contributed by atoms with Crippen LogP contribution in [0, 0.1) is 11.8 Å². The fraction of sp³-hybridized carbons (Fsp3) is 0.115. The summed E-state index contributed by atoms with van der Waals surface area (Å²) in [7, 11) is 0. The molecule has 7 heteroatoms. The number of hydrogen-bond donors (Lipinski definition) is 2. The molecule has 0 saturated heterocycles. The fourth-order valence-electron chi connectivity index (χ4n) is 3.34. The van der Waals surface area contributed by atoms with Crippen LogP contribution >= 0.6 is 11.6 Å². The first kappa shape index (κ1) is 22.1. The zero-order valence-electron chi connectivity index (χ0n) is 17.9. The first-order chi connectivity index (χ1) is 16.1. The van der Waals surface area contributed by atoms with Gasteiger partial charge in [-0.25, -0.2) is 9.97 Å². The van der Waals surface area contributed by atoms with Crippen molar-refractivity contribution in [2.45, 2.75) is 13.3 Å². The molecule has 0 spiro atoms. The van der Waals surface area contributed by atoms with E-state index < -0.39 is 0 Å². The average molecular weight is 457 g/mol. The fourth-order valence-corrected chi connectivity index (χ4v) is 3.60. The van der Waals surface area contributed by atoms with Crippen molar-refractivity contribution in [1.29, 1.82) is 0 Å². The molecule has 4 aromatic rings. The molecule has 0 atom stereocenters. The molecular weight excluding hydrogens is 436 g/mol. The van der Waals surface area contributed by atoms with E-state index in [4.69, 9.17) is 11.6 Å². The van der Waals surface area contributed by atoms with Crippen LogP contribution in [0.15, 0.2) is 73.1 Å². The van der Waals surface area contributed by atoms with Crippen LogP contribution in [0.3, 0.4) is 0 Å². The number of para-hydroxylation sites is 1. The first-order valence-electron chi connectivity index (χ1n) is 10.4. The first-order valence-corrected chi connectivity index (χ1v) is 10.8. The van der Waals surface area contributed by atoms with Crippen molar-refractivity contribution in [1.82, 2.24) is 15.3 Å². The number of halogens is 1. The Morgan fingerprint density at radius 1 is 1.09 bits per heavy atom. The number of hydrogen-bond acceptors (Lipinski definition) is 5. The minimum absolute atomic E-state index is 0.0391. The molecule has 164 valence electrons. The number of rotatable bonds is 5. The predicted molar refractivity (Wildman–Crippen MR) is 131 cm³/mol. The smallest absolute Gasteiger partial charge is 0.220 e. The summed E-state index contributed by atoms with van der Waals surface area (Å²) in [6.07, 6.45) is 1.93. The van der Waals surface area contributed by atoms with Crippen LogP contribution in [-0.2, 0) is 4.79 Å². The summed E-state index contributed by atoms with van der Waals surface area (Å²) >= 11 is 6.53. The monoisotopic (exact) mass is 456 g/mol. The molecule has 1 amide bonds. The van der Waals surface area contributed by atoms with Gasteiger partial charge in [-0.15, -0.1) is 0 Å². The summed E-state index contributed by atoms with van der Waals surface area (Å²) in [5.41, 5.74) is 3.04. The van der Waals surface area contributed by atoms with E-state index >= 15 is 0 Å². The Balaban J connectivity index is 1.82. The number of phenolic OH excluding ortho intramolecular Hbond substituents is 1. The van der Waals surface area contributed by atoms with E-state index in [1.54, 1.807) is 19.1 Å². The topological polar surface area (TPSA) is 78.4 Å². The Morgan fingerprint density at radius 2 is 1.91 bits per heavy atom. The third kappa shape index (κ3) is 5.05. The average Bonchev–Trinajstić information content (AvgIpc) is 2.84. The SMILES string of the molecule is CCC(=O)NCC#Cc1ccc2ncnc(N(c3ccccc3)c3ccc(O)cc3Cl)c2c1. The molecule has 4 rings (SSSR count). The highest BCUT2D eigenvalue weighted by atomic mass is 35.5. The summed E-state index contributed by atoms with van der Waals surface area (Å²) in [6, 6.07) is 20.2. The lowest BCUT2D eigenvalue weighted by atomic mass is 10.1. The van der Waals surface area contributed by atoms with Crippen molar-refractivity contribution < 1.29 is 9.90 Å². The van der Waals surface area contributed by atoms with Crippen LogP contribution in [0.5, 0.6) is 5.75 Å². The Bertz CT molecular complexity index is 1360. The summed E-state index contributed by atoms with van der Waals surface area (Å²) in [5, 5.41) is 13.8. The van der Waals surface area contributed by atoms with Crippen LogP contribution in [-0.4, -0.2) is 27.5 Å². The molecule has 0 saturated carbocycles. The van der Waals surface area contributed by atoms with Gasteiger partial charge in [-0.05, 0) is 42.5 Å². The molecule has 1 aromatic heterocycles. The maximum absolute atomic E-state index is 11.4. The highest BCUT2D eigenvalue weighted by Crippen LogP contribution is 2.41. The number of aromatic hydroxyl groups is 1. The van der Waals surface area contributed by atoms with Crippen LogP contribution < -0.4 is 10.2 Å². The molecule has 0 aliphatic carbocycles. The number of anilines is 3. The number of carbonyl (C=O) groups excluding carboxylic acids is 1. The predicted octanol–water partition coefficient (Wildman–Crippen LogP) is 5.34. The van der Waals surface area contributed by atoms with E-state index in [-0.39, 0.29) is 18.2 Å². The lowest BCUT2D eigenvalue weighted by Gasteiger charge is -2.26. The van der Waals surface area contributed by atoms with Gasteiger partial charge in [-0.3, -0.25) is 9.69 Å². The largest absolute Gasteiger partial charge is 0.508 e. The molecule has 0 fully saturated rings. The van der Waals surface area contributed by atoms with Gasteiger partial charge in [-0.1, -0.05) is 48.6 Å². The van der Waals surface area contributed by atoms with Gasteiger partial charge in [0.2, 0.25) is 5.91 Å². The number of amides is 1. The van der Waals surface area contributed by atoms with Crippen molar-refractivity contribution in [2.24, 2.45) is 0 Å². The molecule has 33 heavy (non-hydrogen) atoms. The summed E-state index contributed by atoms with van der Waals surface area (Å²) < 4.78 is 0. The van der Waals surface area contributed by atoms with Gasteiger partial charge in [0, 0.05) is 29.1 Å². The molecule has 3 aromatic carbocycles. The summed E-state index contributed by atoms with van der Waals surface area (Å²) in [4.78, 5) is 22.3. The summed E-state index contributed by atoms with van der Waals surface area (Å²) in [5.74, 6) is 6.72. The molecule has 0 radical (unpaired) electrons. The number of carbonyl (C=O) groups is 1. The van der Waals surface area contributed by atoms with Crippen molar-refractivity contribution >= 4 is 45.6 Å². The maximum atomic E-state index is 11.4. The number of phenols is 1. The van der Waals surface area contributed by atoms with Crippen molar-refractivity contribution in [3.63, 3.8) is 0 Å². The molecular formula is C26H21ClN4O2. The molecule has 0 aliphatic rings. The van der Waals surface area contributed by atoms with Crippen molar-refractivity contribution in [3.8, 4) is 17.6 Å². The van der Waals surface area contributed by atoms with E-state index in [1.807, 2.05) is 53.4 Å². The van der Waals surface area contributed by atoms with Gasteiger partial charge in [0.1, 0.15) is 17.9 Å². The number of benzene rings is 3. The molecule has 1 heterocycles. The van der Waals surface area contributed by atoms with Gasteiger partial charge in [0.25, 0.3) is 0 Å².